The lowest BCUT2D eigenvalue weighted by molar-refractivity contribution is 0.0469. The van der Waals surface area contributed by atoms with Crippen molar-refractivity contribution < 1.29 is 14.3 Å². The predicted octanol–water partition coefficient (Wildman–Crippen LogP) is 4.53. The van der Waals surface area contributed by atoms with E-state index in [1.807, 2.05) is 43.5 Å². The molecule has 0 saturated heterocycles. The van der Waals surface area contributed by atoms with Crippen LogP contribution in [-0.2, 0) is 4.74 Å². The lowest BCUT2D eigenvalue weighted by Gasteiger charge is -2.06. The number of ketones is 1. The van der Waals surface area contributed by atoms with Gasteiger partial charge >= 0.3 is 5.97 Å². The highest BCUT2D eigenvalue weighted by molar-refractivity contribution is 7.20. The molecule has 0 aliphatic heterocycles. The Labute approximate surface area is 147 Å². The molecule has 24 heavy (non-hydrogen) atoms. The molecule has 0 aliphatic carbocycles. The quantitative estimate of drug-likeness (QED) is 0.497. The number of esters is 1. The van der Waals surface area contributed by atoms with Crippen LogP contribution in [0.15, 0.2) is 41.1 Å². The average Bonchev–Trinajstić information content (AvgIpc) is 3.23. The Hall–Kier alpha value is -2.31. The third-order valence-corrected chi connectivity index (χ3v) is 5.34. The standard InChI is InChI=1S/C18H15NO3S2/c1-11-5-6-13(12(2)8-11)15(20)9-22-18(21)14-10-24-17(19-14)16-4-3-7-23-16/h3-8,10H,9H2,1-2H3. The van der Waals surface area contributed by atoms with Crippen LogP contribution in [0.5, 0.6) is 0 Å². The monoisotopic (exact) mass is 357 g/mol. The van der Waals surface area contributed by atoms with Gasteiger partial charge in [-0.25, -0.2) is 9.78 Å². The van der Waals surface area contributed by atoms with Gasteiger partial charge in [-0.2, -0.15) is 0 Å². The number of carbonyl (C=O) groups excluding carboxylic acids is 2. The lowest BCUT2D eigenvalue weighted by atomic mass is 10.0. The number of thiophene rings is 1. The Morgan fingerprint density at radius 1 is 1.17 bits per heavy atom. The zero-order valence-corrected chi connectivity index (χ0v) is 14.9. The van der Waals surface area contributed by atoms with E-state index in [2.05, 4.69) is 4.98 Å². The fourth-order valence-corrected chi connectivity index (χ4v) is 3.89. The highest BCUT2D eigenvalue weighted by Gasteiger charge is 2.16. The predicted molar refractivity (Wildman–Crippen MR) is 96.0 cm³/mol. The zero-order valence-electron chi connectivity index (χ0n) is 13.2. The largest absolute Gasteiger partial charge is 0.453 e. The highest BCUT2D eigenvalue weighted by atomic mass is 32.1. The van der Waals surface area contributed by atoms with E-state index in [0.717, 1.165) is 21.0 Å². The minimum Gasteiger partial charge on any atom is -0.453 e. The van der Waals surface area contributed by atoms with Crippen LogP contribution in [0.1, 0.15) is 32.0 Å². The Morgan fingerprint density at radius 3 is 2.71 bits per heavy atom. The van der Waals surface area contributed by atoms with Gasteiger partial charge in [0.15, 0.2) is 12.3 Å². The Morgan fingerprint density at radius 2 is 2.00 bits per heavy atom. The number of Topliss-reactive ketones (excluding diaryl/α,β-unsaturated/α-hetero) is 1. The summed E-state index contributed by atoms with van der Waals surface area (Å²) in [6.45, 7) is 3.55. The first-order valence-electron chi connectivity index (χ1n) is 7.31. The second-order valence-corrected chi connectivity index (χ2v) is 7.14. The van der Waals surface area contributed by atoms with Gasteiger partial charge in [0.25, 0.3) is 0 Å². The normalized spacial score (nSPS) is 10.6. The number of ether oxygens (including phenoxy) is 1. The summed E-state index contributed by atoms with van der Waals surface area (Å²) in [6.07, 6.45) is 0. The Bertz CT molecular complexity index is 882. The number of benzene rings is 1. The van der Waals surface area contributed by atoms with Crippen LogP contribution < -0.4 is 0 Å². The van der Waals surface area contributed by atoms with E-state index in [-0.39, 0.29) is 18.1 Å². The third-order valence-electron chi connectivity index (χ3n) is 3.46. The maximum absolute atomic E-state index is 12.2. The number of aromatic nitrogens is 1. The molecule has 0 unspecified atom stereocenters. The van der Waals surface area contributed by atoms with Crippen LogP contribution in [-0.4, -0.2) is 23.3 Å². The number of hydrogen-bond donors (Lipinski definition) is 0. The molecule has 6 heteroatoms. The zero-order chi connectivity index (χ0) is 17.1. The molecule has 0 aliphatic rings. The second-order valence-electron chi connectivity index (χ2n) is 5.33. The van der Waals surface area contributed by atoms with E-state index in [4.69, 9.17) is 4.74 Å². The summed E-state index contributed by atoms with van der Waals surface area (Å²) in [6, 6.07) is 9.45. The SMILES string of the molecule is Cc1ccc(C(=O)COC(=O)c2csc(-c3cccs3)n2)c(C)c1. The summed E-state index contributed by atoms with van der Waals surface area (Å²) in [5.74, 6) is -0.790. The molecule has 2 heterocycles. The number of nitrogens with zero attached hydrogens (tertiary/aromatic N) is 1. The van der Waals surface area contributed by atoms with Crippen molar-refractivity contribution in [3.8, 4) is 9.88 Å². The van der Waals surface area contributed by atoms with E-state index >= 15 is 0 Å². The minimum absolute atomic E-state index is 0.213. The van der Waals surface area contributed by atoms with Crippen molar-refractivity contribution >= 4 is 34.4 Å². The molecular weight excluding hydrogens is 342 g/mol. The maximum Gasteiger partial charge on any atom is 0.358 e. The molecule has 4 nitrogen and oxygen atoms in total. The Balaban J connectivity index is 1.64. The van der Waals surface area contributed by atoms with Gasteiger partial charge in [-0.05, 0) is 30.9 Å². The number of thiazole rings is 1. The van der Waals surface area contributed by atoms with Gasteiger partial charge in [0.05, 0.1) is 4.88 Å². The van der Waals surface area contributed by atoms with Crippen molar-refractivity contribution in [2.75, 3.05) is 6.61 Å². The molecule has 2 aromatic heterocycles. The van der Waals surface area contributed by atoms with Crippen LogP contribution in [0.2, 0.25) is 0 Å². The van der Waals surface area contributed by atoms with Gasteiger partial charge in [-0.1, -0.05) is 29.8 Å². The number of hydrogen-bond acceptors (Lipinski definition) is 6. The van der Waals surface area contributed by atoms with E-state index in [0.29, 0.717) is 5.56 Å². The minimum atomic E-state index is -0.577. The summed E-state index contributed by atoms with van der Waals surface area (Å²) in [5, 5.41) is 4.38. The van der Waals surface area contributed by atoms with Crippen molar-refractivity contribution in [3.05, 3.63) is 63.5 Å². The molecule has 0 atom stereocenters. The number of carbonyl (C=O) groups is 2. The molecule has 0 radical (unpaired) electrons. The van der Waals surface area contributed by atoms with Crippen LogP contribution in [0, 0.1) is 13.8 Å². The highest BCUT2D eigenvalue weighted by Crippen LogP contribution is 2.28. The molecule has 3 aromatic rings. The number of rotatable bonds is 5. The summed E-state index contributed by atoms with van der Waals surface area (Å²) >= 11 is 2.94. The van der Waals surface area contributed by atoms with Crippen LogP contribution in [0.4, 0.5) is 0 Å². The number of aryl methyl sites for hydroxylation is 2. The van der Waals surface area contributed by atoms with Crippen molar-refractivity contribution in [1.82, 2.24) is 4.98 Å². The summed E-state index contributed by atoms with van der Waals surface area (Å²) < 4.78 is 5.12. The van der Waals surface area contributed by atoms with Crippen LogP contribution in [0.25, 0.3) is 9.88 Å². The van der Waals surface area contributed by atoms with Gasteiger partial charge < -0.3 is 4.74 Å². The van der Waals surface area contributed by atoms with Gasteiger partial charge in [-0.15, -0.1) is 22.7 Å². The van der Waals surface area contributed by atoms with Crippen molar-refractivity contribution in [2.45, 2.75) is 13.8 Å². The first-order chi connectivity index (χ1) is 11.5. The molecule has 0 bridgehead atoms. The van der Waals surface area contributed by atoms with Crippen LogP contribution >= 0.6 is 22.7 Å². The average molecular weight is 357 g/mol. The van der Waals surface area contributed by atoms with E-state index in [1.54, 1.807) is 22.8 Å². The molecule has 122 valence electrons. The van der Waals surface area contributed by atoms with Crippen molar-refractivity contribution in [1.29, 1.82) is 0 Å². The molecule has 3 rings (SSSR count). The van der Waals surface area contributed by atoms with Gasteiger partial charge in [0.2, 0.25) is 5.78 Å². The van der Waals surface area contributed by atoms with E-state index in [9.17, 15) is 9.59 Å². The molecule has 0 fully saturated rings. The second kappa shape index (κ2) is 7.07. The molecule has 0 saturated carbocycles. The topological polar surface area (TPSA) is 56.3 Å². The van der Waals surface area contributed by atoms with E-state index < -0.39 is 5.97 Å². The summed E-state index contributed by atoms with van der Waals surface area (Å²) in [7, 11) is 0. The third kappa shape index (κ3) is 3.60. The van der Waals surface area contributed by atoms with Gasteiger partial charge in [-0.3, -0.25) is 4.79 Å². The van der Waals surface area contributed by atoms with Gasteiger partial charge in [0, 0.05) is 10.9 Å². The Kier molecular flexibility index (Phi) is 4.87. The van der Waals surface area contributed by atoms with Crippen molar-refractivity contribution in [2.24, 2.45) is 0 Å². The van der Waals surface area contributed by atoms with Crippen molar-refractivity contribution in [3.63, 3.8) is 0 Å². The molecule has 0 N–H and O–H groups in total. The first-order valence-corrected chi connectivity index (χ1v) is 9.07. The molecular formula is C18H15NO3S2. The lowest BCUT2D eigenvalue weighted by Crippen LogP contribution is -2.15. The summed E-state index contributed by atoms with van der Waals surface area (Å²) in [5.41, 5.74) is 2.78. The molecule has 0 amide bonds. The van der Waals surface area contributed by atoms with E-state index in [1.165, 1.54) is 11.3 Å². The summed E-state index contributed by atoms with van der Waals surface area (Å²) in [4.78, 5) is 29.6. The maximum atomic E-state index is 12.2. The first kappa shape index (κ1) is 16.5. The molecule has 1 aromatic carbocycles. The fraction of sp³-hybridized carbons (Fsp3) is 0.167. The fourth-order valence-electron chi connectivity index (χ4n) is 2.29. The van der Waals surface area contributed by atoms with Gasteiger partial charge in [0.1, 0.15) is 5.01 Å². The van der Waals surface area contributed by atoms with Crippen LogP contribution in [0.3, 0.4) is 0 Å². The smallest absolute Gasteiger partial charge is 0.358 e. The molecule has 0 spiro atoms.